The van der Waals surface area contributed by atoms with Gasteiger partial charge in [-0.3, -0.25) is 4.79 Å². The molecule has 4 rings (SSSR count). The van der Waals surface area contributed by atoms with E-state index in [1.54, 1.807) is 6.08 Å². The minimum absolute atomic E-state index is 0.218. The Morgan fingerprint density at radius 3 is 1.87 bits per heavy atom. The van der Waals surface area contributed by atoms with Crippen molar-refractivity contribution in [2.75, 3.05) is 13.2 Å². The van der Waals surface area contributed by atoms with Gasteiger partial charge in [0, 0.05) is 6.92 Å². The summed E-state index contributed by atoms with van der Waals surface area (Å²) in [6.45, 7) is 6.88. The summed E-state index contributed by atoms with van der Waals surface area (Å²) < 4.78 is 31.5. The van der Waals surface area contributed by atoms with Gasteiger partial charge in [0.15, 0.2) is 6.29 Å². The van der Waals surface area contributed by atoms with E-state index in [0.717, 1.165) is 16.7 Å². The molecular formula is C32H37NO6. The lowest BCUT2D eigenvalue weighted by molar-refractivity contribution is -0.290. The fraction of sp³-hybridized carbons (Fsp3) is 0.344. The maximum atomic E-state index is 12.3. The topological polar surface area (TPSA) is 75.3 Å². The Balaban J connectivity index is 1.57. The Morgan fingerprint density at radius 2 is 1.33 bits per heavy atom. The first kappa shape index (κ1) is 28.7. The molecule has 1 amide bonds. The molecule has 1 aliphatic rings. The molecule has 0 saturated carbocycles. The number of carbonyl (C=O) groups excluding carboxylic acids is 1. The van der Waals surface area contributed by atoms with E-state index in [0.29, 0.717) is 19.8 Å². The van der Waals surface area contributed by atoms with Crippen molar-refractivity contribution in [1.29, 1.82) is 0 Å². The second-order valence-corrected chi connectivity index (χ2v) is 9.41. The summed E-state index contributed by atoms with van der Waals surface area (Å²) in [4.78, 5) is 12.3. The van der Waals surface area contributed by atoms with Crippen LogP contribution < -0.4 is 5.32 Å². The van der Waals surface area contributed by atoms with Crippen molar-refractivity contribution in [3.8, 4) is 0 Å². The van der Waals surface area contributed by atoms with Crippen LogP contribution in [0.15, 0.2) is 104 Å². The molecule has 1 aliphatic heterocycles. The first-order chi connectivity index (χ1) is 19.1. The summed E-state index contributed by atoms with van der Waals surface area (Å²) in [5, 5.41) is 2.99. The molecule has 5 atom stereocenters. The molecule has 0 unspecified atom stereocenters. The third kappa shape index (κ3) is 8.85. The molecule has 7 nitrogen and oxygen atoms in total. The van der Waals surface area contributed by atoms with E-state index >= 15 is 0 Å². The zero-order valence-electron chi connectivity index (χ0n) is 22.3. The van der Waals surface area contributed by atoms with Crippen molar-refractivity contribution in [2.45, 2.75) is 57.4 Å². The van der Waals surface area contributed by atoms with Gasteiger partial charge in [0.1, 0.15) is 24.4 Å². The van der Waals surface area contributed by atoms with E-state index in [1.165, 1.54) is 6.92 Å². The zero-order chi connectivity index (χ0) is 27.3. The van der Waals surface area contributed by atoms with Crippen molar-refractivity contribution in [2.24, 2.45) is 0 Å². The Kier molecular flexibility index (Phi) is 11.3. The van der Waals surface area contributed by atoms with E-state index in [9.17, 15) is 4.79 Å². The average molecular weight is 532 g/mol. The highest BCUT2D eigenvalue weighted by Gasteiger charge is 2.48. The lowest BCUT2D eigenvalue weighted by atomic mass is 9.96. The smallest absolute Gasteiger partial charge is 0.217 e. The fourth-order valence-electron chi connectivity index (χ4n) is 4.53. The van der Waals surface area contributed by atoms with E-state index in [2.05, 4.69) is 11.9 Å². The number of hydrogen-bond acceptors (Lipinski definition) is 6. The number of amides is 1. The van der Waals surface area contributed by atoms with Gasteiger partial charge in [0.2, 0.25) is 5.91 Å². The van der Waals surface area contributed by atoms with Crippen LogP contribution in [0.5, 0.6) is 0 Å². The van der Waals surface area contributed by atoms with Crippen molar-refractivity contribution in [3.63, 3.8) is 0 Å². The first-order valence-corrected chi connectivity index (χ1v) is 13.2. The third-order valence-corrected chi connectivity index (χ3v) is 6.36. The van der Waals surface area contributed by atoms with Crippen molar-refractivity contribution in [1.82, 2.24) is 5.32 Å². The second kappa shape index (κ2) is 15.3. The monoisotopic (exact) mass is 531 g/mol. The van der Waals surface area contributed by atoms with Crippen LogP contribution in [0.2, 0.25) is 0 Å². The molecule has 7 heteroatoms. The van der Waals surface area contributed by atoms with Gasteiger partial charge >= 0.3 is 0 Å². The normalized spacial score (nSPS) is 22.7. The van der Waals surface area contributed by atoms with Gasteiger partial charge in [0.25, 0.3) is 0 Å². The lowest BCUT2D eigenvalue weighted by Crippen LogP contribution is -2.66. The van der Waals surface area contributed by atoms with Crippen LogP contribution in [0.4, 0.5) is 0 Å². The molecule has 3 aromatic rings. The van der Waals surface area contributed by atoms with Crippen LogP contribution in [0, 0.1) is 0 Å². The zero-order valence-corrected chi connectivity index (χ0v) is 22.3. The van der Waals surface area contributed by atoms with Crippen LogP contribution in [-0.4, -0.2) is 49.8 Å². The van der Waals surface area contributed by atoms with E-state index < -0.39 is 30.6 Å². The number of rotatable bonds is 14. The second-order valence-electron chi connectivity index (χ2n) is 9.41. The van der Waals surface area contributed by atoms with E-state index in [4.69, 9.17) is 23.7 Å². The molecule has 0 bridgehead atoms. The van der Waals surface area contributed by atoms with Crippen molar-refractivity contribution in [3.05, 3.63) is 120 Å². The summed E-state index contributed by atoms with van der Waals surface area (Å²) in [6.07, 6.45) is -0.747. The number of nitrogens with one attached hydrogen (secondary N) is 1. The lowest BCUT2D eigenvalue weighted by Gasteiger charge is -2.46. The van der Waals surface area contributed by atoms with Gasteiger partial charge in [-0.15, -0.1) is 6.58 Å². The quantitative estimate of drug-likeness (QED) is 0.301. The molecule has 39 heavy (non-hydrogen) atoms. The van der Waals surface area contributed by atoms with Crippen LogP contribution >= 0.6 is 0 Å². The molecule has 3 aromatic carbocycles. The number of ether oxygens (including phenoxy) is 5. The Hall–Kier alpha value is -3.33. The standard InChI is InChI=1S/C32H37NO6/c1-3-19-36-31-29(33-24(2)34)32(38-22-27-17-11-6-12-18-27)39-28(23-35-20-25-13-7-4-8-14-25)30(31)37-21-26-15-9-5-10-16-26/h3-18,28-32H,1,19-23H2,2H3,(H,33,34)/t28-,29-,30+,31-,32+/m1/s1. The fourth-order valence-corrected chi connectivity index (χ4v) is 4.53. The minimum atomic E-state index is -0.786. The Bertz CT molecular complexity index is 1130. The first-order valence-electron chi connectivity index (χ1n) is 13.2. The predicted octanol–water partition coefficient (Wildman–Crippen LogP) is 4.81. The molecule has 1 heterocycles. The summed E-state index contributed by atoms with van der Waals surface area (Å²) in [5.74, 6) is -0.218. The Labute approximate surface area is 230 Å². The SMILES string of the molecule is C=CCO[C@@H]1[C@@H](NC(C)=O)[C@@H](OCc2ccccc2)O[C@H](COCc2ccccc2)[C@@H]1OCc1ccccc1. The molecule has 0 aliphatic carbocycles. The summed E-state index contributed by atoms with van der Waals surface area (Å²) in [5.41, 5.74) is 3.07. The molecule has 0 radical (unpaired) electrons. The van der Waals surface area contributed by atoms with Gasteiger partial charge in [-0.1, -0.05) is 97.1 Å². The van der Waals surface area contributed by atoms with Gasteiger partial charge in [0.05, 0.1) is 33.0 Å². The third-order valence-electron chi connectivity index (χ3n) is 6.36. The average Bonchev–Trinajstić information content (AvgIpc) is 2.96. The molecule has 1 fully saturated rings. The van der Waals surface area contributed by atoms with Crippen molar-refractivity contribution < 1.29 is 28.5 Å². The maximum absolute atomic E-state index is 12.3. The van der Waals surface area contributed by atoms with Crippen LogP contribution in [0.1, 0.15) is 23.6 Å². The molecule has 0 spiro atoms. The van der Waals surface area contributed by atoms with Crippen LogP contribution in [0.3, 0.4) is 0 Å². The van der Waals surface area contributed by atoms with Gasteiger partial charge in [-0.2, -0.15) is 0 Å². The molecule has 206 valence electrons. The van der Waals surface area contributed by atoms with E-state index in [-0.39, 0.29) is 19.1 Å². The van der Waals surface area contributed by atoms with Gasteiger partial charge in [-0.25, -0.2) is 0 Å². The summed E-state index contributed by atoms with van der Waals surface area (Å²) in [6, 6.07) is 29.1. The highest BCUT2D eigenvalue weighted by atomic mass is 16.7. The van der Waals surface area contributed by atoms with Crippen molar-refractivity contribution >= 4 is 5.91 Å². The number of benzene rings is 3. The predicted molar refractivity (Wildman–Crippen MR) is 149 cm³/mol. The molecule has 1 saturated heterocycles. The van der Waals surface area contributed by atoms with E-state index in [1.807, 2.05) is 91.0 Å². The molecule has 0 aromatic heterocycles. The van der Waals surface area contributed by atoms with Gasteiger partial charge < -0.3 is 29.0 Å². The minimum Gasteiger partial charge on any atom is -0.374 e. The largest absolute Gasteiger partial charge is 0.374 e. The summed E-state index contributed by atoms with van der Waals surface area (Å²) >= 11 is 0. The molecule has 1 N–H and O–H groups in total. The van der Waals surface area contributed by atoms with Crippen LogP contribution in [0.25, 0.3) is 0 Å². The number of carbonyl (C=O) groups is 1. The highest BCUT2D eigenvalue weighted by Crippen LogP contribution is 2.29. The van der Waals surface area contributed by atoms with Gasteiger partial charge in [-0.05, 0) is 16.7 Å². The number of hydrogen-bond donors (Lipinski definition) is 1. The summed E-state index contributed by atoms with van der Waals surface area (Å²) in [7, 11) is 0. The molecular weight excluding hydrogens is 494 g/mol. The Morgan fingerprint density at radius 1 is 0.795 bits per heavy atom. The maximum Gasteiger partial charge on any atom is 0.217 e. The van der Waals surface area contributed by atoms with Crippen LogP contribution in [-0.2, 0) is 48.3 Å². The highest BCUT2D eigenvalue weighted by molar-refractivity contribution is 5.73.